The van der Waals surface area contributed by atoms with Gasteiger partial charge in [0.2, 0.25) is 5.76 Å². The van der Waals surface area contributed by atoms with E-state index in [1.807, 2.05) is 19.9 Å². The average Bonchev–Trinajstić information content (AvgIpc) is 2.96. The zero-order valence-electron chi connectivity index (χ0n) is 16.5. The lowest BCUT2D eigenvalue weighted by Gasteiger charge is -2.24. The molecule has 0 radical (unpaired) electrons. The molecule has 29 heavy (non-hydrogen) atoms. The minimum atomic E-state index is -0.661. The highest BCUT2D eigenvalue weighted by Gasteiger charge is 2.42. The van der Waals surface area contributed by atoms with Gasteiger partial charge in [-0.3, -0.25) is 9.59 Å². The molecule has 0 aliphatic carbocycles. The van der Waals surface area contributed by atoms with Gasteiger partial charge in [-0.25, -0.2) is 0 Å². The normalized spacial score (nSPS) is 15.6. The predicted molar refractivity (Wildman–Crippen MR) is 110 cm³/mol. The van der Waals surface area contributed by atoms with Crippen molar-refractivity contribution in [3.8, 4) is 11.5 Å². The van der Waals surface area contributed by atoms with E-state index in [1.165, 1.54) is 18.1 Å². The number of aromatic hydroxyl groups is 1. The Morgan fingerprint density at radius 3 is 2.69 bits per heavy atom. The van der Waals surface area contributed by atoms with Crippen LogP contribution in [0, 0.1) is 13.8 Å². The molecule has 1 aliphatic rings. The second-order valence-corrected chi connectivity index (χ2v) is 7.21. The SMILES string of the molecule is C=CCN1C(=O)c2oc3c(C)cc(C)cc3c(=O)c2[C@H]1c1ccc(O)c(OC)c1. The topological polar surface area (TPSA) is 80.0 Å². The van der Waals surface area contributed by atoms with Crippen molar-refractivity contribution in [2.45, 2.75) is 19.9 Å². The summed E-state index contributed by atoms with van der Waals surface area (Å²) < 4.78 is 11.2. The molecule has 1 atom stereocenters. The number of nitrogens with zero attached hydrogens (tertiary/aromatic N) is 1. The highest BCUT2D eigenvalue weighted by atomic mass is 16.5. The van der Waals surface area contributed by atoms with Crippen LogP contribution in [0.15, 0.2) is 52.2 Å². The number of phenols is 1. The number of aryl methyl sites for hydroxylation is 2. The smallest absolute Gasteiger partial charge is 0.291 e. The van der Waals surface area contributed by atoms with Gasteiger partial charge >= 0.3 is 0 Å². The van der Waals surface area contributed by atoms with Crippen LogP contribution < -0.4 is 10.2 Å². The molecule has 0 saturated heterocycles. The van der Waals surface area contributed by atoms with Gasteiger partial charge < -0.3 is 19.2 Å². The predicted octanol–water partition coefficient (Wildman–Crippen LogP) is 3.86. The molecule has 1 N–H and O–H groups in total. The molecule has 3 aromatic rings. The molecule has 2 aromatic carbocycles. The van der Waals surface area contributed by atoms with Gasteiger partial charge in [-0.05, 0) is 48.7 Å². The number of hydrogen-bond donors (Lipinski definition) is 1. The first-order valence-corrected chi connectivity index (χ1v) is 9.24. The van der Waals surface area contributed by atoms with E-state index in [0.29, 0.717) is 22.1 Å². The van der Waals surface area contributed by atoms with Gasteiger partial charge in [0.15, 0.2) is 16.9 Å². The summed E-state index contributed by atoms with van der Waals surface area (Å²) in [7, 11) is 1.45. The number of benzene rings is 2. The summed E-state index contributed by atoms with van der Waals surface area (Å²) in [6.07, 6.45) is 1.61. The molecule has 2 heterocycles. The average molecular weight is 391 g/mol. The van der Waals surface area contributed by atoms with E-state index >= 15 is 0 Å². The van der Waals surface area contributed by atoms with Gasteiger partial charge in [0.1, 0.15) is 5.58 Å². The van der Waals surface area contributed by atoms with E-state index in [1.54, 1.807) is 24.3 Å². The second-order valence-electron chi connectivity index (χ2n) is 7.21. The molecule has 6 heteroatoms. The van der Waals surface area contributed by atoms with Crippen LogP contribution in [0.2, 0.25) is 0 Å². The molecule has 1 aromatic heterocycles. The van der Waals surface area contributed by atoms with Gasteiger partial charge in [-0.2, -0.15) is 0 Å². The Morgan fingerprint density at radius 2 is 2.00 bits per heavy atom. The first-order valence-electron chi connectivity index (χ1n) is 9.24. The van der Waals surface area contributed by atoms with Crippen LogP contribution in [0.5, 0.6) is 11.5 Å². The first kappa shape index (κ1) is 18.8. The van der Waals surface area contributed by atoms with Gasteiger partial charge in [0, 0.05) is 6.54 Å². The maximum atomic E-state index is 13.5. The lowest BCUT2D eigenvalue weighted by atomic mass is 9.97. The van der Waals surface area contributed by atoms with Gasteiger partial charge in [-0.15, -0.1) is 6.58 Å². The standard InChI is InChI=1S/C23H21NO5/c1-5-8-24-19(14-6-7-16(25)17(11-14)28-4)18-20(26)15-10-12(2)9-13(3)21(15)29-22(18)23(24)27/h5-7,9-11,19,25H,1,8H2,2-4H3/t19-/m1/s1. The van der Waals surface area contributed by atoms with Crippen LogP contribution in [-0.4, -0.2) is 29.6 Å². The zero-order chi connectivity index (χ0) is 20.9. The molecule has 1 amide bonds. The van der Waals surface area contributed by atoms with Crippen molar-refractivity contribution in [3.63, 3.8) is 0 Å². The van der Waals surface area contributed by atoms with Crippen molar-refractivity contribution in [3.05, 3.63) is 81.2 Å². The zero-order valence-corrected chi connectivity index (χ0v) is 16.5. The molecule has 0 bridgehead atoms. The summed E-state index contributed by atoms with van der Waals surface area (Å²) in [5.41, 5.74) is 2.88. The number of carbonyl (C=O) groups is 1. The van der Waals surface area contributed by atoms with E-state index in [0.717, 1.165) is 11.1 Å². The summed E-state index contributed by atoms with van der Waals surface area (Å²) in [6, 6.07) is 7.83. The van der Waals surface area contributed by atoms with E-state index in [4.69, 9.17) is 9.15 Å². The Bertz CT molecular complexity index is 1220. The quantitative estimate of drug-likeness (QED) is 0.683. The number of phenolic OH excluding ortho intramolecular Hbond substituents is 1. The monoisotopic (exact) mass is 391 g/mol. The molecular weight excluding hydrogens is 370 g/mol. The summed E-state index contributed by atoms with van der Waals surface area (Å²) >= 11 is 0. The molecule has 6 nitrogen and oxygen atoms in total. The summed E-state index contributed by atoms with van der Waals surface area (Å²) in [6.45, 7) is 7.74. The number of carbonyl (C=O) groups excluding carboxylic acids is 1. The van der Waals surface area contributed by atoms with Crippen LogP contribution in [0.25, 0.3) is 11.0 Å². The fraction of sp³-hybridized carbons (Fsp3) is 0.217. The number of fused-ring (bicyclic) bond motifs is 2. The third-order valence-corrected chi connectivity index (χ3v) is 5.24. The Labute approximate surface area is 167 Å². The summed E-state index contributed by atoms with van der Waals surface area (Å²) in [4.78, 5) is 28.1. The van der Waals surface area contributed by atoms with Crippen molar-refractivity contribution in [2.24, 2.45) is 0 Å². The van der Waals surface area contributed by atoms with Crippen LogP contribution in [0.4, 0.5) is 0 Å². The molecular formula is C23H21NO5. The maximum absolute atomic E-state index is 13.5. The van der Waals surface area contributed by atoms with Crippen molar-refractivity contribution >= 4 is 16.9 Å². The maximum Gasteiger partial charge on any atom is 0.291 e. The third-order valence-electron chi connectivity index (χ3n) is 5.24. The van der Waals surface area contributed by atoms with Crippen LogP contribution in [0.1, 0.15) is 38.9 Å². The summed E-state index contributed by atoms with van der Waals surface area (Å²) in [5.74, 6) is -0.0732. The van der Waals surface area contributed by atoms with Crippen molar-refractivity contribution in [1.29, 1.82) is 0 Å². The molecule has 0 fully saturated rings. The molecule has 1 aliphatic heterocycles. The molecule has 0 spiro atoms. The Balaban J connectivity index is 2.04. The highest BCUT2D eigenvalue weighted by Crippen LogP contribution is 2.40. The highest BCUT2D eigenvalue weighted by molar-refractivity contribution is 5.99. The molecule has 4 rings (SSSR count). The molecule has 0 saturated carbocycles. The fourth-order valence-corrected chi connectivity index (χ4v) is 4.01. The fourth-order valence-electron chi connectivity index (χ4n) is 4.01. The lowest BCUT2D eigenvalue weighted by Crippen LogP contribution is -2.29. The number of amides is 1. The Morgan fingerprint density at radius 1 is 1.24 bits per heavy atom. The van der Waals surface area contributed by atoms with Crippen LogP contribution in [-0.2, 0) is 0 Å². The minimum Gasteiger partial charge on any atom is -0.504 e. The van der Waals surface area contributed by atoms with E-state index in [2.05, 4.69) is 6.58 Å². The van der Waals surface area contributed by atoms with E-state index < -0.39 is 6.04 Å². The molecule has 0 unspecified atom stereocenters. The van der Waals surface area contributed by atoms with Gasteiger partial charge in [0.25, 0.3) is 5.91 Å². The number of hydrogen-bond acceptors (Lipinski definition) is 5. The first-order chi connectivity index (χ1) is 13.9. The van der Waals surface area contributed by atoms with Crippen molar-refractivity contribution in [2.75, 3.05) is 13.7 Å². The van der Waals surface area contributed by atoms with Gasteiger partial charge in [-0.1, -0.05) is 18.2 Å². The minimum absolute atomic E-state index is 0.0205. The Hall–Kier alpha value is -3.54. The largest absolute Gasteiger partial charge is 0.504 e. The van der Waals surface area contributed by atoms with Gasteiger partial charge in [0.05, 0.1) is 24.1 Å². The summed E-state index contributed by atoms with van der Waals surface area (Å²) in [5, 5.41) is 10.4. The van der Waals surface area contributed by atoms with Crippen molar-refractivity contribution in [1.82, 2.24) is 4.90 Å². The molecule has 148 valence electrons. The Kier molecular flexibility index (Phi) is 4.42. The van der Waals surface area contributed by atoms with Crippen LogP contribution >= 0.6 is 0 Å². The number of ether oxygens (including phenoxy) is 1. The number of methoxy groups -OCH3 is 1. The second kappa shape index (κ2) is 6.81. The van der Waals surface area contributed by atoms with E-state index in [-0.39, 0.29) is 35.1 Å². The van der Waals surface area contributed by atoms with E-state index in [9.17, 15) is 14.7 Å². The van der Waals surface area contributed by atoms with Crippen molar-refractivity contribution < 1.29 is 19.1 Å². The lowest BCUT2D eigenvalue weighted by molar-refractivity contribution is 0.0748. The number of rotatable bonds is 4. The third kappa shape index (κ3) is 2.79. The van der Waals surface area contributed by atoms with Crippen LogP contribution in [0.3, 0.4) is 0 Å².